The van der Waals surface area contributed by atoms with Gasteiger partial charge in [-0.05, 0) is 41.3 Å². The number of aromatic amines is 4. The van der Waals surface area contributed by atoms with E-state index >= 15 is 0 Å². The Balaban J connectivity index is 1.08. The number of fused-ring (bicyclic) bond motifs is 3. The number of nitrogens with one attached hydrogen (secondary N) is 4. The summed E-state index contributed by atoms with van der Waals surface area (Å²) in [5, 5.41) is 2.61. The minimum absolute atomic E-state index is 0.0444. The fraction of sp³-hybridized carbons (Fsp3) is 0.279. The predicted molar refractivity (Wildman–Crippen MR) is 219 cm³/mol. The Morgan fingerprint density at radius 1 is 0.717 bits per heavy atom. The van der Waals surface area contributed by atoms with Crippen molar-refractivity contribution in [2.45, 2.75) is 62.2 Å². The molecular formula is C43H43FN8O8. The molecule has 1 saturated heterocycles. The van der Waals surface area contributed by atoms with Crippen LogP contribution in [-0.2, 0) is 47.9 Å². The molecule has 1 aliphatic heterocycles. The summed E-state index contributed by atoms with van der Waals surface area (Å²) < 4.78 is 33.5. The van der Waals surface area contributed by atoms with Crippen LogP contribution in [0.25, 0.3) is 32.7 Å². The van der Waals surface area contributed by atoms with Gasteiger partial charge in [0.25, 0.3) is 5.56 Å². The Labute approximate surface area is 340 Å². The minimum Gasteiger partial charge on any atom is -0.462 e. The van der Waals surface area contributed by atoms with Crippen LogP contribution in [0.1, 0.15) is 29.3 Å². The number of hydrogen-bond acceptors (Lipinski definition) is 11. The number of benzene rings is 3. The Bertz CT molecular complexity index is 2820. The fourth-order valence-electron chi connectivity index (χ4n) is 7.98. The molecule has 16 nitrogen and oxygen atoms in total. The van der Waals surface area contributed by atoms with Crippen molar-refractivity contribution in [2.75, 3.05) is 6.61 Å². The third kappa shape index (κ3) is 8.15. The number of halogens is 1. The normalized spacial score (nSPS) is 19.4. The molecule has 4 aromatic heterocycles. The summed E-state index contributed by atoms with van der Waals surface area (Å²) in [6.45, 7) is -0.511. The molecule has 310 valence electrons. The van der Waals surface area contributed by atoms with Crippen LogP contribution in [0.4, 0.5) is 4.39 Å². The maximum absolute atomic E-state index is 14.8. The monoisotopic (exact) mass is 818 g/mol. The molecule has 0 aliphatic carbocycles. The van der Waals surface area contributed by atoms with Gasteiger partial charge in [0.1, 0.15) is 30.6 Å². The zero-order chi connectivity index (χ0) is 42.1. The van der Waals surface area contributed by atoms with Crippen molar-refractivity contribution in [1.82, 2.24) is 24.5 Å². The molecule has 10 N–H and O–H groups in total. The lowest BCUT2D eigenvalue weighted by atomic mass is 9.88. The Kier molecular flexibility index (Phi) is 11.3. The molecule has 0 amide bonds. The molecule has 17 heteroatoms. The van der Waals surface area contributed by atoms with Gasteiger partial charge in [-0.3, -0.25) is 28.7 Å². The SMILES string of the molecule is N[C@H](Cc1c[nH]c2ccccc12)C(=O)C[C@H]1[C@@H](OC(=O)[C@H](N)Cc2c[nH]c3ccccc23)[C@H](n2cc(F)c(=O)[nH]c2=O)O[C@@H]1COC(=O)[C@@H](N)Cc1c[nH]c2ccccc12. The summed E-state index contributed by atoms with van der Waals surface area (Å²) in [4.78, 5) is 78.0. The first kappa shape index (κ1) is 40.1. The molecule has 7 aromatic rings. The number of nitrogens with two attached hydrogens (primary N) is 3. The summed E-state index contributed by atoms with van der Waals surface area (Å²) in [5.41, 5.74) is 21.8. The number of nitrogens with zero attached hydrogens (tertiary/aromatic N) is 1. The lowest BCUT2D eigenvalue weighted by molar-refractivity contribution is -0.159. The molecule has 0 bridgehead atoms. The van der Waals surface area contributed by atoms with Gasteiger partial charge in [0.05, 0.1) is 12.2 Å². The molecule has 8 rings (SSSR count). The maximum Gasteiger partial charge on any atom is 0.330 e. The average molecular weight is 819 g/mol. The molecule has 60 heavy (non-hydrogen) atoms. The number of para-hydroxylation sites is 3. The Morgan fingerprint density at radius 3 is 1.73 bits per heavy atom. The zero-order valence-electron chi connectivity index (χ0n) is 32.1. The van der Waals surface area contributed by atoms with E-state index in [0.717, 1.165) is 49.4 Å². The number of carbonyl (C=O) groups is 3. The Hall–Kier alpha value is -6.66. The van der Waals surface area contributed by atoms with Crippen LogP contribution in [-0.4, -0.2) is 79.2 Å². The first-order chi connectivity index (χ1) is 28.9. The number of Topliss-reactive ketones (excluding diaryl/α,β-unsaturated/α-hetero) is 1. The summed E-state index contributed by atoms with van der Waals surface area (Å²) in [7, 11) is 0. The van der Waals surface area contributed by atoms with Crippen LogP contribution in [0, 0.1) is 11.7 Å². The summed E-state index contributed by atoms with van der Waals surface area (Å²) in [6, 6.07) is 19.1. The fourth-order valence-corrected chi connectivity index (χ4v) is 7.98. The van der Waals surface area contributed by atoms with Crippen LogP contribution in [0.5, 0.6) is 0 Å². The molecule has 3 aromatic carbocycles. The van der Waals surface area contributed by atoms with Crippen molar-refractivity contribution in [1.29, 1.82) is 0 Å². The molecule has 7 atom stereocenters. The zero-order valence-corrected chi connectivity index (χ0v) is 32.1. The highest BCUT2D eigenvalue weighted by Gasteiger charge is 2.50. The van der Waals surface area contributed by atoms with Crippen LogP contribution in [0.3, 0.4) is 0 Å². The molecule has 0 spiro atoms. The number of aromatic nitrogens is 5. The van der Waals surface area contributed by atoms with Gasteiger partial charge in [-0.1, -0.05) is 54.6 Å². The van der Waals surface area contributed by atoms with Crippen LogP contribution in [0.2, 0.25) is 0 Å². The maximum atomic E-state index is 14.8. The lowest BCUT2D eigenvalue weighted by Gasteiger charge is -2.26. The van der Waals surface area contributed by atoms with Crippen LogP contribution < -0.4 is 28.5 Å². The first-order valence-electron chi connectivity index (χ1n) is 19.4. The largest absolute Gasteiger partial charge is 0.462 e. The van der Waals surface area contributed by atoms with E-state index in [1.807, 2.05) is 77.8 Å². The topological polar surface area (TPSA) is 259 Å². The van der Waals surface area contributed by atoms with E-state index in [9.17, 15) is 28.4 Å². The van der Waals surface area contributed by atoms with Crippen molar-refractivity contribution >= 4 is 50.4 Å². The van der Waals surface area contributed by atoms with Gasteiger partial charge >= 0.3 is 17.6 Å². The van der Waals surface area contributed by atoms with Crippen molar-refractivity contribution < 1.29 is 33.0 Å². The van der Waals surface area contributed by atoms with Crippen LogP contribution >= 0.6 is 0 Å². The Morgan fingerprint density at radius 2 is 1.20 bits per heavy atom. The molecule has 0 radical (unpaired) electrons. The van der Waals surface area contributed by atoms with Crippen molar-refractivity contribution in [2.24, 2.45) is 23.1 Å². The standard InChI is InChI=1S/C43H43FN8O8/c44-29-20-52(43(57)51-39(29)54)40-38(60-42(56)32(47)15-24-19-50-35-12-6-3-9-27(24)35)28(16-36(53)30(45)13-22-17-48-33-10-4-1-7-25(22)33)37(59-40)21-58-41(55)31(46)14-23-18-49-34-11-5-2-8-26(23)34/h1-12,17-20,28,30-32,37-38,40,48-50H,13-16,21,45-47H2,(H,51,54,57)/t28-,30-,31+,32-,37-,38-,40-/m1/s1. The van der Waals surface area contributed by atoms with Gasteiger partial charge in [-0.2, -0.15) is 4.39 Å². The van der Waals surface area contributed by atoms with E-state index in [1.54, 1.807) is 18.6 Å². The van der Waals surface area contributed by atoms with E-state index in [-0.39, 0.29) is 25.7 Å². The molecule has 0 unspecified atom stereocenters. The van der Waals surface area contributed by atoms with Gasteiger partial charge in [-0.15, -0.1) is 0 Å². The third-order valence-corrected chi connectivity index (χ3v) is 11.1. The number of ketones is 1. The molecular weight excluding hydrogens is 776 g/mol. The minimum atomic E-state index is -1.61. The number of ether oxygens (including phenoxy) is 3. The van der Waals surface area contributed by atoms with E-state index < -0.39 is 83.9 Å². The van der Waals surface area contributed by atoms with Gasteiger partial charge in [-0.25, -0.2) is 4.79 Å². The van der Waals surface area contributed by atoms with Crippen molar-refractivity contribution in [3.63, 3.8) is 0 Å². The molecule has 1 fully saturated rings. The molecule has 5 heterocycles. The first-order valence-corrected chi connectivity index (χ1v) is 19.4. The van der Waals surface area contributed by atoms with Gasteiger partial charge in [0.2, 0.25) is 5.82 Å². The highest BCUT2D eigenvalue weighted by Crippen LogP contribution is 2.39. The molecule has 0 saturated carbocycles. The van der Waals surface area contributed by atoms with E-state index in [4.69, 9.17) is 31.4 Å². The smallest absolute Gasteiger partial charge is 0.330 e. The van der Waals surface area contributed by atoms with E-state index in [2.05, 4.69) is 15.0 Å². The average Bonchev–Trinajstić information content (AvgIpc) is 4.04. The number of esters is 2. The van der Waals surface area contributed by atoms with Crippen molar-refractivity contribution in [3.05, 3.63) is 141 Å². The predicted octanol–water partition coefficient (Wildman–Crippen LogP) is 2.76. The summed E-state index contributed by atoms with van der Waals surface area (Å²) in [6.07, 6.45) is 1.46. The van der Waals surface area contributed by atoms with E-state index in [0.29, 0.717) is 10.8 Å². The second-order valence-corrected chi connectivity index (χ2v) is 15.1. The third-order valence-electron chi connectivity index (χ3n) is 11.1. The number of hydrogen-bond donors (Lipinski definition) is 7. The van der Waals surface area contributed by atoms with Gasteiger partial charge in [0.15, 0.2) is 12.3 Å². The second kappa shape index (κ2) is 16.9. The highest BCUT2D eigenvalue weighted by atomic mass is 19.1. The quantitative estimate of drug-likeness (QED) is 0.0740. The number of carbonyl (C=O) groups excluding carboxylic acids is 3. The van der Waals surface area contributed by atoms with Gasteiger partial charge < -0.3 is 46.4 Å². The van der Waals surface area contributed by atoms with Crippen LogP contribution in [0.15, 0.2) is 107 Å². The second-order valence-electron chi connectivity index (χ2n) is 15.1. The lowest BCUT2D eigenvalue weighted by Crippen LogP contribution is -2.44. The molecule has 1 aliphatic rings. The highest BCUT2D eigenvalue weighted by molar-refractivity contribution is 5.88. The van der Waals surface area contributed by atoms with Gasteiger partial charge in [0, 0.05) is 76.5 Å². The number of H-pyrrole nitrogens is 4. The summed E-state index contributed by atoms with van der Waals surface area (Å²) in [5.74, 6) is -4.64. The van der Waals surface area contributed by atoms with Crippen molar-refractivity contribution in [3.8, 4) is 0 Å². The summed E-state index contributed by atoms with van der Waals surface area (Å²) >= 11 is 0. The van der Waals surface area contributed by atoms with E-state index in [1.165, 1.54) is 0 Å². The number of rotatable bonds is 15.